The average molecular weight is 200 g/mol. The molecule has 1 unspecified atom stereocenters. The van der Waals surface area contributed by atoms with Crippen LogP contribution in [0.15, 0.2) is 0 Å². The third-order valence-electron chi connectivity index (χ3n) is 2.59. The Bertz CT molecular complexity index is 252. The number of carbonyl (C=O) groups excluding carboxylic acids is 1. The van der Waals surface area contributed by atoms with Crippen LogP contribution in [0.1, 0.15) is 20.3 Å². The van der Waals surface area contributed by atoms with Gasteiger partial charge in [-0.15, -0.1) is 0 Å². The number of nitrogens with zero attached hydrogens (tertiary/aromatic N) is 2. The Morgan fingerprint density at radius 1 is 1.64 bits per heavy atom. The standard InChI is InChI=1S/C9H16N2O3/c1-6(2)7-4-8(12)11(10(7)3)5-9(13)14/h6-7H,4-5H2,1-3H3,(H,13,14). The van der Waals surface area contributed by atoms with E-state index in [9.17, 15) is 9.59 Å². The molecule has 1 rings (SSSR count). The predicted molar refractivity (Wildman–Crippen MR) is 50.4 cm³/mol. The Balaban J connectivity index is 2.70. The molecule has 1 amide bonds. The Morgan fingerprint density at radius 2 is 2.21 bits per heavy atom. The molecule has 1 aliphatic rings. The van der Waals surface area contributed by atoms with Gasteiger partial charge >= 0.3 is 5.97 Å². The zero-order valence-electron chi connectivity index (χ0n) is 8.73. The number of carboxylic acids is 1. The molecule has 1 saturated heterocycles. The number of hydrazine groups is 1. The minimum atomic E-state index is -0.977. The molecule has 1 atom stereocenters. The zero-order valence-corrected chi connectivity index (χ0v) is 8.73. The van der Waals surface area contributed by atoms with Gasteiger partial charge in [-0.25, -0.2) is 5.01 Å². The highest BCUT2D eigenvalue weighted by Gasteiger charge is 2.37. The van der Waals surface area contributed by atoms with Crippen molar-refractivity contribution < 1.29 is 14.7 Å². The fraction of sp³-hybridized carbons (Fsp3) is 0.778. The van der Waals surface area contributed by atoms with Crippen LogP contribution >= 0.6 is 0 Å². The first-order valence-corrected chi connectivity index (χ1v) is 4.68. The zero-order chi connectivity index (χ0) is 10.9. The van der Waals surface area contributed by atoms with Crippen LogP contribution in [-0.2, 0) is 9.59 Å². The highest BCUT2D eigenvalue weighted by atomic mass is 16.4. The Morgan fingerprint density at radius 3 is 2.57 bits per heavy atom. The largest absolute Gasteiger partial charge is 0.480 e. The van der Waals surface area contributed by atoms with Crippen LogP contribution < -0.4 is 0 Å². The van der Waals surface area contributed by atoms with Gasteiger partial charge in [-0.2, -0.15) is 0 Å². The molecule has 5 nitrogen and oxygen atoms in total. The van der Waals surface area contributed by atoms with Crippen molar-refractivity contribution in [2.24, 2.45) is 5.92 Å². The van der Waals surface area contributed by atoms with Gasteiger partial charge in [0.2, 0.25) is 5.91 Å². The van der Waals surface area contributed by atoms with Gasteiger partial charge in [0.05, 0.1) is 0 Å². The van der Waals surface area contributed by atoms with E-state index in [1.165, 1.54) is 5.01 Å². The monoisotopic (exact) mass is 200 g/mol. The summed E-state index contributed by atoms with van der Waals surface area (Å²) in [5.41, 5.74) is 0. The fourth-order valence-corrected chi connectivity index (χ4v) is 1.77. The van der Waals surface area contributed by atoms with Crippen molar-refractivity contribution >= 4 is 11.9 Å². The van der Waals surface area contributed by atoms with Gasteiger partial charge in [0.25, 0.3) is 0 Å². The summed E-state index contributed by atoms with van der Waals surface area (Å²) in [6.45, 7) is 3.82. The molecule has 0 bridgehead atoms. The minimum Gasteiger partial charge on any atom is -0.480 e. The molecule has 0 aliphatic carbocycles. The number of carbonyl (C=O) groups is 2. The van der Waals surface area contributed by atoms with Crippen LogP contribution in [0.25, 0.3) is 0 Å². The van der Waals surface area contributed by atoms with Gasteiger partial charge in [-0.3, -0.25) is 14.6 Å². The second-order valence-corrected chi connectivity index (χ2v) is 3.93. The van der Waals surface area contributed by atoms with E-state index >= 15 is 0 Å². The normalized spacial score (nSPS) is 23.6. The lowest BCUT2D eigenvalue weighted by molar-refractivity contribution is -0.151. The van der Waals surface area contributed by atoms with Crippen molar-refractivity contribution in [1.82, 2.24) is 10.0 Å². The molecule has 1 aliphatic heterocycles. The minimum absolute atomic E-state index is 0.103. The summed E-state index contributed by atoms with van der Waals surface area (Å²) in [5.74, 6) is -0.731. The first-order valence-electron chi connectivity index (χ1n) is 4.68. The van der Waals surface area contributed by atoms with Crippen molar-refractivity contribution in [2.75, 3.05) is 13.6 Å². The molecule has 1 heterocycles. The summed E-state index contributed by atoms with van der Waals surface area (Å²) < 4.78 is 0. The van der Waals surface area contributed by atoms with Gasteiger partial charge in [0.1, 0.15) is 6.54 Å². The summed E-state index contributed by atoms with van der Waals surface area (Å²) in [6, 6.07) is 0.127. The predicted octanol–water partition coefficient (Wildman–Crippen LogP) is 0.175. The van der Waals surface area contributed by atoms with Crippen LogP contribution in [0.4, 0.5) is 0 Å². The number of hydrogen-bond acceptors (Lipinski definition) is 3. The third kappa shape index (κ3) is 2.04. The summed E-state index contributed by atoms with van der Waals surface area (Å²) in [5, 5.41) is 11.6. The number of aliphatic carboxylic acids is 1. The summed E-state index contributed by atoms with van der Waals surface area (Å²) in [6.07, 6.45) is 0.418. The van der Waals surface area contributed by atoms with E-state index in [2.05, 4.69) is 0 Å². The van der Waals surface area contributed by atoms with E-state index in [0.29, 0.717) is 12.3 Å². The van der Waals surface area contributed by atoms with E-state index in [0.717, 1.165) is 0 Å². The van der Waals surface area contributed by atoms with Crippen LogP contribution in [0.2, 0.25) is 0 Å². The van der Waals surface area contributed by atoms with Crippen LogP contribution in [0, 0.1) is 5.92 Å². The number of amides is 1. The second kappa shape index (κ2) is 3.96. The maximum absolute atomic E-state index is 11.5. The molecule has 0 aromatic heterocycles. The molecule has 0 radical (unpaired) electrons. The molecule has 80 valence electrons. The summed E-state index contributed by atoms with van der Waals surface area (Å²) in [7, 11) is 1.76. The molecular weight excluding hydrogens is 184 g/mol. The fourth-order valence-electron chi connectivity index (χ4n) is 1.77. The molecule has 0 aromatic rings. The molecule has 1 fully saturated rings. The van der Waals surface area contributed by atoms with Crippen molar-refractivity contribution in [3.05, 3.63) is 0 Å². The lowest BCUT2D eigenvalue weighted by atomic mass is 10.0. The molecule has 14 heavy (non-hydrogen) atoms. The number of carboxylic acid groups (broad SMARTS) is 1. The van der Waals surface area contributed by atoms with E-state index in [1.54, 1.807) is 12.1 Å². The van der Waals surface area contributed by atoms with Gasteiger partial charge in [-0.1, -0.05) is 13.8 Å². The van der Waals surface area contributed by atoms with Gasteiger partial charge < -0.3 is 5.11 Å². The smallest absolute Gasteiger partial charge is 0.324 e. The van der Waals surface area contributed by atoms with E-state index in [1.807, 2.05) is 13.8 Å². The number of rotatable bonds is 3. The maximum atomic E-state index is 11.5. The summed E-state index contributed by atoms with van der Waals surface area (Å²) in [4.78, 5) is 22.0. The third-order valence-corrected chi connectivity index (χ3v) is 2.59. The first kappa shape index (κ1) is 11.0. The van der Waals surface area contributed by atoms with Gasteiger partial charge in [-0.05, 0) is 5.92 Å². The van der Waals surface area contributed by atoms with Crippen LogP contribution in [0.5, 0.6) is 0 Å². The highest BCUT2D eigenvalue weighted by Crippen LogP contribution is 2.23. The van der Waals surface area contributed by atoms with Crippen LogP contribution in [-0.4, -0.2) is 46.6 Å². The molecule has 0 aromatic carbocycles. The van der Waals surface area contributed by atoms with E-state index in [-0.39, 0.29) is 18.5 Å². The molecular formula is C9H16N2O3. The molecule has 5 heteroatoms. The SMILES string of the molecule is CC(C)C1CC(=O)N(CC(=O)O)N1C. The Labute approximate surface area is 83.3 Å². The number of hydrogen-bond donors (Lipinski definition) is 1. The van der Waals surface area contributed by atoms with Crippen molar-refractivity contribution in [2.45, 2.75) is 26.3 Å². The Kier molecular flexibility index (Phi) is 3.10. The maximum Gasteiger partial charge on any atom is 0.324 e. The lowest BCUT2D eigenvalue weighted by Gasteiger charge is -2.28. The average Bonchev–Trinajstić information content (AvgIpc) is 2.31. The molecule has 0 saturated carbocycles. The van der Waals surface area contributed by atoms with Gasteiger partial charge in [0, 0.05) is 19.5 Å². The Hall–Kier alpha value is -1.10. The van der Waals surface area contributed by atoms with Crippen molar-refractivity contribution in [1.29, 1.82) is 0 Å². The van der Waals surface area contributed by atoms with Gasteiger partial charge in [0.15, 0.2) is 0 Å². The highest BCUT2D eigenvalue weighted by molar-refractivity contribution is 5.82. The van der Waals surface area contributed by atoms with Crippen LogP contribution in [0.3, 0.4) is 0 Å². The van der Waals surface area contributed by atoms with Crippen molar-refractivity contribution in [3.63, 3.8) is 0 Å². The summed E-state index contributed by atoms with van der Waals surface area (Å²) >= 11 is 0. The topological polar surface area (TPSA) is 60.9 Å². The van der Waals surface area contributed by atoms with E-state index < -0.39 is 5.97 Å². The second-order valence-electron chi connectivity index (χ2n) is 3.93. The van der Waals surface area contributed by atoms with Crippen molar-refractivity contribution in [3.8, 4) is 0 Å². The lowest BCUT2D eigenvalue weighted by Crippen LogP contribution is -2.43. The quantitative estimate of drug-likeness (QED) is 0.705. The van der Waals surface area contributed by atoms with E-state index in [4.69, 9.17) is 5.11 Å². The molecule has 0 spiro atoms. The molecule has 1 N–H and O–H groups in total. The first-order chi connectivity index (χ1) is 6.43.